The lowest BCUT2D eigenvalue weighted by Crippen LogP contribution is -2.38. The minimum atomic E-state index is 0. The summed E-state index contributed by atoms with van der Waals surface area (Å²) in [6.07, 6.45) is 2.27. The van der Waals surface area contributed by atoms with Gasteiger partial charge in [-0.05, 0) is 18.4 Å². The average Bonchev–Trinajstić information content (AvgIpc) is 3.02. The van der Waals surface area contributed by atoms with Gasteiger partial charge in [0.2, 0.25) is 0 Å². The molecule has 3 unspecified atom stereocenters. The lowest BCUT2D eigenvalue weighted by atomic mass is 9.93. The number of benzene rings is 1. The van der Waals surface area contributed by atoms with Crippen LogP contribution in [0.5, 0.6) is 5.75 Å². The van der Waals surface area contributed by atoms with Gasteiger partial charge in [-0.15, -0.1) is 24.0 Å². The van der Waals surface area contributed by atoms with E-state index in [9.17, 15) is 0 Å². The van der Waals surface area contributed by atoms with E-state index in [0.29, 0.717) is 30.5 Å². The first-order valence-corrected chi connectivity index (χ1v) is 8.55. The van der Waals surface area contributed by atoms with Crippen molar-refractivity contribution < 1.29 is 9.47 Å². The van der Waals surface area contributed by atoms with Gasteiger partial charge in [-0.2, -0.15) is 0 Å². The van der Waals surface area contributed by atoms with Crippen LogP contribution in [-0.2, 0) is 4.74 Å². The number of hydrogen-bond acceptors (Lipinski definition) is 3. The molecule has 134 valence electrons. The zero-order valence-electron chi connectivity index (χ0n) is 14.4. The molecule has 0 aliphatic carbocycles. The van der Waals surface area contributed by atoms with E-state index in [1.54, 1.807) is 0 Å². The van der Waals surface area contributed by atoms with Crippen molar-refractivity contribution in [3.05, 3.63) is 29.8 Å². The Morgan fingerprint density at radius 2 is 2.08 bits per heavy atom. The minimum Gasteiger partial charge on any atom is -0.493 e. The number of aliphatic imine (C=N–C) groups is 1. The van der Waals surface area contributed by atoms with Gasteiger partial charge in [0, 0.05) is 31.1 Å². The van der Waals surface area contributed by atoms with Gasteiger partial charge in [-0.1, -0.05) is 32.0 Å². The van der Waals surface area contributed by atoms with Gasteiger partial charge < -0.3 is 20.5 Å². The number of nitrogens with zero attached hydrogens (tertiary/aromatic N) is 1. The lowest BCUT2D eigenvalue weighted by molar-refractivity contribution is 0.0559. The Bertz CT molecular complexity index is 565. The predicted octanol–water partition coefficient (Wildman–Crippen LogP) is 3.09. The summed E-state index contributed by atoms with van der Waals surface area (Å²) in [6.45, 7) is 6.67. The number of nitrogens with one attached hydrogen (secondary N) is 1. The van der Waals surface area contributed by atoms with Crippen LogP contribution in [0, 0.1) is 11.8 Å². The molecule has 2 aliphatic rings. The third-order valence-corrected chi connectivity index (χ3v) is 4.70. The van der Waals surface area contributed by atoms with Crippen LogP contribution in [0.25, 0.3) is 0 Å². The van der Waals surface area contributed by atoms with E-state index in [1.807, 2.05) is 18.2 Å². The molecule has 0 aromatic heterocycles. The summed E-state index contributed by atoms with van der Waals surface area (Å²) in [5, 5.41) is 3.35. The highest BCUT2D eigenvalue weighted by atomic mass is 127. The maximum absolute atomic E-state index is 6.12. The van der Waals surface area contributed by atoms with E-state index >= 15 is 0 Å². The molecular weight excluding hydrogens is 417 g/mol. The maximum Gasteiger partial charge on any atom is 0.189 e. The fourth-order valence-corrected chi connectivity index (χ4v) is 3.52. The van der Waals surface area contributed by atoms with Crippen molar-refractivity contribution in [2.45, 2.75) is 38.8 Å². The zero-order chi connectivity index (χ0) is 16.2. The van der Waals surface area contributed by atoms with Gasteiger partial charge in [0.25, 0.3) is 0 Å². The third kappa shape index (κ3) is 4.53. The van der Waals surface area contributed by atoms with Crippen molar-refractivity contribution in [3.63, 3.8) is 0 Å². The third-order valence-electron chi connectivity index (χ3n) is 4.70. The second-order valence-electron chi connectivity index (χ2n) is 6.73. The molecular formula is C18H28IN3O2. The molecule has 0 saturated carbocycles. The summed E-state index contributed by atoms with van der Waals surface area (Å²) in [7, 11) is 0. The molecule has 24 heavy (non-hydrogen) atoms. The van der Waals surface area contributed by atoms with Crippen LogP contribution >= 0.6 is 24.0 Å². The molecule has 6 heteroatoms. The highest BCUT2D eigenvalue weighted by Gasteiger charge is 2.30. The first kappa shape index (κ1) is 19.3. The van der Waals surface area contributed by atoms with Gasteiger partial charge in [-0.25, -0.2) is 0 Å². The molecule has 2 heterocycles. The van der Waals surface area contributed by atoms with E-state index in [2.05, 4.69) is 30.2 Å². The number of ether oxygens (including phenoxy) is 2. The van der Waals surface area contributed by atoms with Crippen molar-refractivity contribution in [2.75, 3.05) is 19.8 Å². The van der Waals surface area contributed by atoms with Gasteiger partial charge >= 0.3 is 0 Å². The normalized spacial score (nSPS) is 26.5. The summed E-state index contributed by atoms with van der Waals surface area (Å²) < 4.78 is 11.5. The molecule has 1 saturated heterocycles. The first-order valence-electron chi connectivity index (χ1n) is 8.55. The highest BCUT2D eigenvalue weighted by molar-refractivity contribution is 14.0. The lowest BCUT2D eigenvalue weighted by Gasteiger charge is -2.27. The minimum absolute atomic E-state index is 0. The summed E-state index contributed by atoms with van der Waals surface area (Å²) in [5.74, 6) is 2.45. The number of nitrogens with two attached hydrogens (primary N) is 1. The summed E-state index contributed by atoms with van der Waals surface area (Å²) in [6, 6.07) is 8.27. The molecule has 1 aromatic rings. The fraction of sp³-hybridized carbons (Fsp3) is 0.611. The SMILES string of the molecule is CC(C)C1OCCC1CN=C(N)NC1CCOc2ccccc21.I. The number of fused-ring (bicyclic) bond motifs is 1. The van der Waals surface area contributed by atoms with E-state index in [-0.39, 0.29) is 30.0 Å². The fourth-order valence-electron chi connectivity index (χ4n) is 3.52. The van der Waals surface area contributed by atoms with Crippen molar-refractivity contribution in [1.29, 1.82) is 0 Å². The predicted molar refractivity (Wildman–Crippen MR) is 107 cm³/mol. The molecule has 2 aliphatic heterocycles. The summed E-state index contributed by atoms with van der Waals surface area (Å²) in [5.41, 5.74) is 7.27. The summed E-state index contributed by atoms with van der Waals surface area (Å²) >= 11 is 0. The molecule has 3 atom stereocenters. The monoisotopic (exact) mass is 445 g/mol. The van der Waals surface area contributed by atoms with E-state index in [4.69, 9.17) is 15.2 Å². The van der Waals surface area contributed by atoms with E-state index in [1.165, 1.54) is 0 Å². The molecule has 0 amide bonds. The number of halogens is 1. The molecule has 0 bridgehead atoms. The second kappa shape index (κ2) is 8.89. The molecule has 0 spiro atoms. The van der Waals surface area contributed by atoms with Crippen LogP contribution in [0.2, 0.25) is 0 Å². The van der Waals surface area contributed by atoms with Gasteiger partial charge in [-0.3, -0.25) is 4.99 Å². The summed E-state index contributed by atoms with van der Waals surface area (Å²) in [4.78, 5) is 4.57. The largest absolute Gasteiger partial charge is 0.493 e. The molecule has 1 aromatic carbocycles. The van der Waals surface area contributed by atoms with Crippen LogP contribution in [0.3, 0.4) is 0 Å². The number of para-hydroxylation sites is 1. The second-order valence-corrected chi connectivity index (χ2v) is 6.73. The average molecular weight is 445 g/mol. The Kier molecular flexibility index (Phi) is 7.16. The zero-order valence-corrected chi connectivity index (χ0v) is 16.7. The van der Waals surface area contributed by atoms with Crippen LogP contribution in [-0.4, -0.2) is 31.8 Å². The molecule has 3 rings (SSSR count). The highest BCUT2D eigenvalue weighted by Crippen LogP contribution is 2.31. The quantitative estimate of drug-likeness (QED) is 0.425. The Hall–Kier alpha value is -1.02. The molecule has 0 radical (unpaired) electrons. The van der Waals surface area contributed by atoms with E-state index < -0.39 is 0 Å². The van der Waals surface area contributed by atoms with Crippen LogP contribution in [0.1, 0.15) is 38.3 Å². The topological polar surface area (TPSA) is 68.9 Å². The maximum atomic E-state index is 6.12. The van der Waals surface area contributed by atoms with Gasteiger partial charge in [0.1, 0.15) is 5.75 Å². The van der Waals surface area contributed by atoms with Crippen LogP contribution < -0.4 is 15.8 Å². The van der Waals surface area contributed by atoms with Gasteiger partial charge in [0.05, 0.1) is 18.8 Å². The number of hydrogen-bond donors (Lipinski definition) is 2. The van der Waals surface area contributed by atoms with E-state index in [0.717, 1.165) is 37.3 Å². The van der Waals surface area contributed by atoms with Gasteiger partial charge in [0.15, 0.2) is 5.96 Å². The first-order chi connectivity index (χ1) is 11.1. The van der Waals surface area contributed by atoms with Crippen molar-refractivity contribution >= 4 is 29.9 Å². The van der Waals surface area contributed by atoms with Crippen molar-refractivity contribution in [1.82, 2.24) is 5.32 Å². The Morgan fingerprint density at radius 3 is 2.88 bits per heavy atom. The Balaban J connectivity index is 0.00000208. The van der Waals surface area contributed by atoms with Crippen LogP contribution in [0.15, 0.2) is 29.3 Å². The van der Waals surface area contributed by atoms with Crippen molar-refractivity contribution in [3.8, 4) is 5.75 Å². The molecule has 1 fully saturated rings. The Labute approximate surface area is 161 Å². The molecule has 5 nitrogen and oxygen atoms in total. The standard InChI is InChI=1S/C18H27N3O2.HI/c1-12(2)17-13(7-9-23-17)11-20-18(19)21-15-8-10-22-16-6-4-3-5-14(15)16;/h3-6,12-13,15,17H,7-11H2,1-2H3,(H3,19,20,21);1H. The smallest absolute Gasteiger partial charge is 0.189 e. The van der Waals surface area contributed by atoms with Crippen molar-refractivity contribution in [2.24, 2.45) is 22.6 Å². The Morgan fingerprint density at radius 1 is 1.29 bits per heavy atom. The van der Waals surface area contributed by atoms with Crippen LogP contribution in [0.4, 0.5) is 0 Å². The molecule has 3 N–H and O–H groups in total. The number of guanidine groups is 1. The number of rotatable bonds is 4.